The van der Waals surface area contributed by atoms with Crippen molar-refractivity contribution >= 4 is 21.8 Å². The van der Waals surface area contributed by atoms with Gasteiger partial charge in [-0.25, -0.2) is 4.98 Å². The number of aryl methyl sites for hydroxylation is 1. The lowest BCUT2D eigenvalue weighted by molar-refractivity contribution is -0.120. The Morgan fingerprint density at radius 1 is 1.77 bits per heavy atom. The molecule has 1 N–H and O–H groups in total. The third-order valence-electron chi connectivity index (χ3n) is 1.43. The Morgan fingerprint density at radius 3 is 3.08 bits per heavy atom. The zero-order valence-corrected chi connectivity index (χ0v) is 8.93. The quantitative estimate of drug-likeness (QED) is 0.818. The van der Waals surface area contributed by atoms with Crippen LogP contribution in [0.15, 0.2) is 10.6 Å². The molecule has 0 aliphatic rings. The Kier molecular flexibility index (Phi) is 3.95. The van der Waals surface area contributed by atoms with Gasteiger partial charge in [-0.3, -0.25) is 4.79 Å². The number of hydrogen-bond donors (Lipinski definition) is 1. The zero-order valence-electron chi connectivity index (χ0n) is 7.34. The van der Waals surface area contributed by atoms with Crippen LogP contribution in [0.2, 0.25) is 0 Å². The number of halogens is 1. The molecule has 1 heterocycles. The van der Waals surface area contributed by atoms with Gasteiger partial charge in [0.25, 0.3) is 0 Å². The molecule has 0 aliphatic heterocycles. The second-order valence-electron chi connectivity index (χ2n) is 2.58. The van der Waals surface area contributed by atoms with Crippen molar-refractivity contribution < 1.29 is 9.21 Å². The minimum Gasteiger partial charge on any atom is -0.444 e. The van der Waals surface area contributed by atoms with Crippen LogP contribution in [-0.2, 0) is 11.3 Å². The van der Waals surface area contributed by atoms with Crippen molar-refractivity contribution in [2.45, 2.75) is 19.9 Å². The fourth-order valence-electron chi connectivity index (χ4n) is 0.832. The molecular weight excluding hydrogens is 236 g/mol. The molecular formula is C8H11BrN2O2. The van der Waals surface area contributed by atoms with Crippen LogP contribution in [-0.4, -0.2) is 16.2 Å². The van der Waals surface area contributed by atoms with Crippen LogP contribution >= 0.6 is 15.9 Å². The van der Waals surface area contributed by atoms with Gasteiger partial charge >= 0.3 is 0 Å². The Bertz CT molecular complexity index is 285. The number of carbonyl (C=O) groups excluding carboxylic acids is 1. The molecule has 0 atom stereocenters. The lowest BCUT2D eigenvalue weighted by atomic mass is 10.4. The Hall–Kier alpha value is -0.840. The highest BCUT2D eigenvalue weighted by Crippen LogP contribution is 2.00. The van der Waals surface area contributed by atoms with Crippen molar-refractivity contribution in [3.63, 3.8) is 0 Å². The fraction of sp³-hybridized carbons (Fsp3) is 0.500. The monoisotopic (exact) mass is 246 g/mol. The molecule has 0 radical (unpaired) electrons. The third-order valence-corrected chi connectivity index (χ3v) is 1.82. The number of nitrogens with one attached hydrogen (secondary N) is 1. The summed E-state index contributed by atoms with van der Waals surface area (Å²) in [6.07, 6.45) is 2.10. The zero-order chi connectivity index (χ0) is 9.68. The van der Waals surface area contributed by atoms with Gasteiger partial charge in [-0.15, -0.1) is 0 Å². The largest absolute Gasteiger partial charge is 0.444 e. The third kappa shape index (κ3) is 3.59. The Labute approximate surface area is 84.8 Å². The van der Waals surface area contributed by atoms with Crippen LogP contribution in [0.25, 0.3) is 0 Å². The summed E-state index contributed by atoms with van der Waals surface area (Å²) in [7, 11) is 0. The summed E-state index contributed by atoms with van der Waals surface area (Å²) in [4.78, 5) is 15.0. The Balaban J connectivity index is 2.30. The summed E-state index contributed by atoms with van der Waals surface area (Å²) in [6.45, 7) is 2.18. The number of amides is 1. The lowest BCUT2D eigenvalue weighted by Crippen LogP contribution is -2.22. The van der Waals surface area contributed by atoms with Crippen LogP contribution in [0, 0.1) is 6.92 Å². The second-order valence-corrected chi connectivity index (χ2v) is 3.37. The highest BCUT2D eigenvalue weighted by atomic mass is 79.9. The van der Waals surface area contributed by atoms with Crippen molar-refractivity contribution in [3.8, 4) is 0 Å². The van der Waals surface area contributed by atoms with E-state index in [1.54, 1.807) is 6.20 Å². The van der Waals surface area contributed by atoms with Gasteiger partial charge in [-0.05, 0) is 6.92 Å². The maximum absolute atomic E-state index is 11.0. The van der Waals surface area contributed by atoms with E-state index in [4.69, 9.17) is 4.42 Å². The maximum Gasteiger partial charge on any atom is 0.221 e. The van der Waals surface area contributed by atoms with Crippen molar-refractivity contribution in [2.24, 2.45) is 0 Å². The molecule has 0 saturated heterocycles. The van der Waals surface area contributed by atoms with Gasteiger partial charge in [-0.1, -0.05) is 15.9 Å². The first-order valence-corrected chi connectivity index (χ1v) is 5.08. The van der Waals surface area contributed by atoms with E-state index >= 15 is 0 Å². The predicted octanol–water partition coefficient (Wildman–Crippen LogP) is 1.38. The smallest absolute Gasteiger partial charge is 0.221 e. The van der Waals surface area contributed by atoms with Crippen LogP contribution in [0.4, 0.5) is 0 Å². The fourth-order valence-corrected chi connectivity index (χ4v) is 1.19. The lowest BCUT2D eigenvalue weighted by Gasteiger charge is -1.99. The van der Waals surface area contributed by atoms with E-state index in [2.05, 4.69) is 26.2 Å². The Morgan fingerprint density at radius 2 is 2.54 bits per heavy atom. The van der Waals surface area contributed by atoms with Crippen molar-refractivity contribution in [1.29, 1.82) is 0 Å². The SMILES string of the molecule is Cc1cnc(CNC(=O)CCBr)o1. The molecule has 72 valence electrons. The number of hydrogen-bond acceptors (Lipinski definition) is 3. The summed E-state index contributed by atoms with van der Waals surface area (Å²) >= 11 is 3.18. The summed E-state index contributed by atoms with van der Waals surface area (Å²) in [6, 6.07) is 0. The molecule has 1 aromatic heterocycles. The van der Waals surface area contributed by atoms with Crippen molar-refractivity contribution in [2.75, 3.05) is 5.33 Å². The van der Waals surface area contributed by atoms with Gasteiger partial charge < -0.3 is 9.73 Å². The van der Waals surface area contributed by atoms with E-state index in [0.717, 1.165) is 5.76 Å². The molecule has 5 heteroatoms. The van der Waals surface area contributed by atoms with Gasteiger partial charge in [-0.2, -0.15) is 0 Å². The van der Waals surface area contributed by atoms with Gasteiger partial charge in [0.05, 0.1) is 12.7 Å². The van der Waals surface area contributed by atoms with E-state index in [1.807, 2.05) is 6.92 Å². The summed E-state index contributed by atoms with van der Waals surface area (Å²) in [5.74, 6) is 1.29. The molecule has 4 nitrogen and oxygen atoms in total. The topological polar surface area (TPSA) is 55.1 Å². The van der Waals surface area contributed by atoms with E-state index in [1.165, 1.54) is 0 Å². The maximum atomic E-state index is 11.0. The number of nitrogens with zero attached hydrogens (tertiary/aromatic N) is 1. The molecule has 13 heavy (non-hydrogen) atoms. The van der Waals surface area contributed by atoms with Gasteiger partial charge in [0, 0.05) is 11.8 Å². The summed E-state index contributed by atoms with van der Waals surface area (Å²) in [5, 5.41) is 3.36. The second kappa shape index (κ2) is 5.01. The number of carbonyl (C=O) groups is 1. The highest BCUT2D eigenvalue weighted by Gasteiger charge is 2.03. The van der Waals surface area contributed by atoms with Crippen LogP contribution in [0.1, 0.15) is 18.1 Å². The molecule has 0 spiro atoms. The molecule has 1 rings (SSSR count). The summed E-state index contributed by atoms with van der Waals surface area (Å²) < 4.78 is 5.17. The molecule has 0 saturated carbocycles. The van der Waals surface area contributed by atoms with Crippen LogP contribution in [0.3, 0.4) is 0 Å². The van der Waals surface area contributed by atoms with E-state index in [0.29, 0.717) is 24.2 Å². The normalized spacial score (nSPS) is 10.0. The first kappa shape index (κ1) is 10.2. The minimum absolute atomic E-state index is 0.00673. The molecule has 1 aromatic rings. The predicted molar refractivity (Wildman–Crippen MR) is 51.5 cm³/mol. The van der Waals surface area contributed by atoms with Crippen LogP contribution in [0.5, 0.6) is 0 Å². The highest BCUT2D eigenvalue weighted by molar-refractivity contribution is 9.09. The minimum atomic E-state index is -0.00673. The molecule has 0 unspecified atom stereocenters. The molecule has 0 aliphatic carbocycles. The molecule has 0 bridgehead atoms. The van der Waals surface area contributed by atoms with Crippen molar-refractivity contribution in [1.82, 2.24) is 10.3 Å². The molecule has 0 fully saturated rings. The first-order valence-electron chi connectivity index (χ1n) is 3.96. The molecule has 1 amide bonds. The number of alkyl halides is 1. The first-order chi connectivity index (χ1) is 6.22. The van der Waals surface area contributed by atoms with Crippen molar-refractivity contribution in [3.05, 3.63) is 17.8 Å². The van der Waals surface area contributed by atoms with Gasteiger partial charge in [0.15, 0.2) is 0 Å². The average molecular weight is 247 g/mol. The van der Waals surface area contributed by atoms with Crippen LogP contribution < -0.4 is 5.32 Å². The summed E-state index contributed by atoms with van der Waals surface area (Å²) in [5.41, 5.74) is 0. The van der Waals surface area contributed by atoms with Gasteiger partial charge in [0.2, 0.25) is 11.8 Å². The number of rotatable bonds is 4. The van der Waals surface area contributed by atoms with E-state index < -0.39 is 0 Å². The van der Waals surface area contributed by atoms with Gasteiger partial charge in [0.1, 0.15) is 5.76 Å². The number of aromatic nitrogens is 1. The number of oxazole rings is 1. The van der Waals surface area contributed by atoms with E-state index in [9.17, 15) is 4.79 Å². The average Bonchev–Trinajstić information content (AvgIpc) is 2.49. The van der Waals surface area contributed by atoms with E-state index in [-0.39, 0.29) is 5.91 Å². The molecule has 0 aromatic carbocycles. The standard InChI is InChI=1S/C8H11BrN2O2/c1-6-4-11-8(13-6)5-10-7(12)2-3-9/h4H,2-3,5H2,1H3,(H,10,12).